The van der Waals surface area contributed by atoms with Crippen LogP contribution in [0.2, 0.25) is 0 Å². The van der Waals surface area contributed by atoms with E-state index in [9.17, 15) is 0 Å². The first-order valence-electron chi connectivity index (χ1n) is 35.6. The molecule has 0 amide bonds. The molecule has 8 nitrogen and oxygen atoms in total. The van der Waals surface area contributed by atoms with Crippen LogP contribution < -0.4 is 0 Å². The quantitative estimate of drug-likeness (QED) is 0.136. The predicted octanol–water partition coefficient (Wildman–Crippen LogP) is 23.9. The number of aromatic nitrogens is 8. The van der Waals surface area contributed by atoms with E-state index in [1.165, 1.54) is 99.2 Å². The summed E-state index contributed by atoms with van der Waals surface area (Å²) in [4.78, 5) is 30.1. The third-order valence-electron chi connectivity index (χ3n) is 21.4. The summed E-state index contributed by atoms with van der Waals surface area (Å²) in [5, 5.41) is 4.99. The third-order valence-corrected chi connectivity index (χ3v) is 21.4. The van der Waals surface area contributed by atoms with Gasteiger partial charge >= 0.3 is 0 Å². The molecule has 20 rings (SSSR count). The molecule has 0 atom stereocenters. The van der Waals surface area contributed by atoms with Crippen LogP contribution in [0.4, 0.5) is 0 Å². The van der Waals surface area contributed by atoms with Gasteiger partial charge in [-0.25, -0.2) is 19.9 Å². The van der Waals surface area contributed by atoms with Crippen LogP contribution >= 0.6 is 0 Å². The highest BCUT2D eigenvalue weighted by Gasteiger charge is 2.42. The fourth-order valence-electron chi connectivity index (χ4n) is 16.2. The van der Waals surface area contributed by atoms with Gasteiger partial charge in [0.25, 0.3) is 0 Å². The van der Waals surface area contributed by atoms with Crippen LogP contribution in [0.15, 0.2) is 340 Å². The molecule has 6 aromatic heterocycles. The summed E-state index contributed by atoms with van der Waals surface area (Å²) < 4.78 is 4.72. The summed E-state index contributed by atoms with van der Waals surface area (Å²) in [6.07, 6.45) is 5.52. The summed E-state index contributed by atoms with van der Waals surface area (Å²) in [5.74, 6) is 1.45. The third kappa shape index (κ3) is 10.4. The number of rotatable bonds is 10. The van der Waals surface area contributed by atoms with Crippen LogP contribution in [-0.4, -0.2) is 39.0 Å². The van der Waals surface area contributed by atoms with Crippen LogP contribution in [-0.2, 0) is 10.8 Å². The Morgan fingerprint density at radius 2 is 0.635 bits per heavy atom. The zero-order chi connectivity index (χ0) is 69.6. The smallest absolute Gasteiger partial charge is 0.160 e. The number of nitrogens with zero attached hydrogens (tertiary/aromatic N) is 8. The summed E-state index contributed by atoms with van der Waals surface area (Å²) in [5.41, 5.74) is 30.9. The maximum absolute atomic E-state index is 5.35. The molecule has 6 heterocycles. The normalized spacial score (nSPS) is 13.0. The first kappa shape index (κ1) is 61.8. The van der Waals surface area contributed by atoms with Crippen molar-refractivity contribution in [3.8, 4) is 124 Å². The molecule has 0 saturated heterocycles. The van der Waals surface area contributed by atoms with E-state index in [-0.39, 0.29) is 10.8 Å². The average Bonchev–Trinajstić information content (AvgIpc) is 1.55. The standard InChI is InChI=1S/2C48H34N4/c1-48(2)40-16-8-6-15-38(40)46-44(48)45(50-47(51-46)34-25-21-32(22-26-34)41-17-10-11-29-49-41)33-23-19-31(20-24-33)35-27-28-43-39(30-35)37-14-7-9-18-42(37)52(43)36-12-4-3-5-13-36;1-48(2)41-16-8-6-15-39(41)46-44(48)45(50-47(51-46)34-24-20-32(21-25-34)36-11-10-28-49-30-36)33-22-18-31(19-23-33)35-26-27-43-40(29-35)38-14-7-9-17-42(38)52(43)37-12-4-3-5-13-37/h2*3-30H,1-2H3. The first-order chi connectivity index (χ1) is 51.1. The molecule has 0 fully saturated rings. The lowest BCUT2D eigenvalue weighted by atomic mass is 9.80. The van der Waals surface area contributed by atoms with E-state index in [2.05, 4.69) is 344 Å². The molecular formula is C96H68N8. The van der Waals surface area contributed by atoms with Gasteiger partial charge in [-0.15, -0.1) is 0 Å². The second-order valence-corrected chi connectivity index (χ2v) is 28.2. The molecule has 2 aliphatic rings. The molecule has 2 aliphatic carbocycles. The van der Waals surface area contributed by atoms with E-state index < -0.39 is 0 Å². The van der Waals surface area contributed by atoms with Gasteiger partial charge in [0.05, 0.1) is 50.5 Å². The molecule has 18 aromatic rings. The van der Waals surface area contributed by atoms with Crippen molar-refractivity contribution in [2.45, 2.75) is 38.5 Å². The molecule has 0 radical (unpaired) electrons. The Labute approximate surface area is 603 Å². The lowest BCUT2D eigenvalue weighted by molar-refractivity contribution is 0.657. The van der Waals surface area contributed by atoms with E-state index >= 15 is 0 Å². The Kier molecular flexibility index (Phi) is 14.7. The van der Waals surface area contributed by atoms with Crippen LogP contribution in [0.1, 0.15) is 49.9 Å². The van der Waals surface area contributed by atoms with Crippen molar-refractivity contribution in [1.82, 2.24) is 39.0 Å². The van der Waals surface area contributed by atoms with Gasteiger partial charge < -0.3 is 9.13 Å². The van der Waals surface area contributed by atoms with Crippen molar-refractivity contribution in [3.63, 3.8) is 0 Å². The molecule has 8 heteroatoms. The fraction of sp³-hybridized carbons (Fsp3) is 0.0625. The first-order valence-corrected chi connectivity index (χ1v) is 35.6. The molecule has 0 spiro atoms. The number of para-hydroxylation sites is 4. The van der Waals surface area contributed by atoms with Crippen molar-refractivity contribution >= 4 is 43.6 Å². The van der Waals surface area contributed by atoms with Gasteiger partial charge in [-0.3, -0.25) is 9.97 Å². The highest BCUT2D eigenvalue weighted by Crippen LogP contribution is 2.54. The molecule has 0 unspecified atom stereocenters. The molecule has 104 heavy (non-hydrogen) atoms. The minimum atomic E-state index is -0.251. The minimum Gasteiger partial charge on any atom is -0.309 e. The van der Waals surface area contributed by atoms with Crippen molar-refractivity contribution in [2.24, 2.45) is 0 Å². The SMILES string of the molecule is CC1(C)c2ccccc2-c2nc(-c3ccc(-c4ccccn4)cc3)nc(-c3ccc(-c4ccc5c(c4)c4ccccc4n5-c4ccccc4)cc3)c21.CC1(C)c2ccccc2-c2nc(-c3ccc(-c4cccnc4)cc3)nc(-c3ccc(-c4ccc5c(c4)c4ccccc4n5-c4ccccc4)cc3)c21. The molecule has 0 saturated carbocycles. The number of benzene rings is 12. The second kappa shape index (κ2) is 24.8. The Bertz CT molecular complexity index is 5950. The van der Waals surface area contributed by atoms with Crippen molar-refractivity contribution in [1.29, 1.82) is 0 Å². The van der Waals surface area contributed by atoms with Gasteiger partial charge in [0.2, 0.25) is 0 Å². The van der Waals surface area contributed by atoms with Crippen LogP contribution in [0.3, 0.4) is 0 Å². The maximum atomic E-state index is 5.35. The zero-order valence-electron chi connectivity index (χ0n) is 57.9. The molecule has 0 bridgehead atoms. The molecule has 12 aromatic carbocycles. The summed E-state index contributed by atoms with van der Waals surface area (Å²) >= 11 is 0. The number of hydrogen-bond acceptors (Lipinski definition) is 6. The van der Waals surface area contributed by atoms with Gasteiger partial charge in [0.15, 0.2) is 11.6 Å². The number of hydrogen-bond donors (Lipinski definition) is 0. The topological polar surface area (TPSA) is 87.2 Å². The zero-order valence-corrected chi connectivity index (χ0v) is 57.9. The van der Waals surface area contributed by atoms with Crippen molar-refractivity contribution in [3.05, 3.63) is 362 Å². The number of fused-ring (bicyclic) bond motifs is 12. The Hall–Kier alpha value is -13.3. The highest BCUT2D eigenvalue weighted by atomic mass is 15.0. The summed E-state index contributed by atoms with van der Waals surface area (Å²) in [6.45, 7) is 9.17. The maximum Gasteiger partial charge on any atom is 0.160 e. The second-order valence-electron chi connectivity index (χ2n) is 28.2. The highest BCUT2D eigenvalue weighted by molar-refractivity contribution is 6.12. The van der Waals surface area contributed by atoms with E-state index in [0.717, 1.165) is 90.4 Å². The molecule has 0 aliphatic heterocycles. The minimum absolute atomic E-state index is 0.249. The lowest BCUT2D eigenvalue weighted by Crippen LogP contribution is -2.17. The number of pyridine rings is 2. The molecule has 0 N–H and O–H groups in total. The molecular weight excluding hydrogens is 1270 g/mol. The van der Waals surface area contributed by atoms with Crippen molar-refractivity contribution in [2.75, 3.05) is 0 Å². The van der Waals surface area contributed by atoms with Gasteiger partial charge in [-0.05, 0) is 123 Å². The van der Waals surface area contributed by atoms with E-state index in [4.69, 9.17) is 19.9 Å². The van der Waals surface area contributed by atoms with Gasteiger partial charge in [0.1, 0.15) is 0 Å². The molecule has 492 valence electrons. The Morgan fingerprint density at radius 1 is 0.260 bits per heavy atom. The van der Waals surface area contributed by atoms with Crippen molar-refractivity contribution < 1.29 is 0 Å². The van der Waals surface area contributed by atoms with Crippen LogP contribution in [0.5, 0.6) is 0 Å². The van der Waals surface area contributed by atoms with Gasteiger partial charge in [0, 0.05) is 112 Å². The van der Waals surface area contributed by atoms with E-state index in [0.29, 0.717) is 0 Å². The Balaban J connectivity index is 0.000000143. The fourth-order valence-corrected chi connectivity index (χ4v) is 16.2. The summed E-state index contributed by atoms with van der Waals surface area (Å²) in [7, 11) is 0. The average molecular weight is 1330 g/mol. The monoisotopic (exact) mass is 1330 g/mol. The van der Waals surface area contributed by atoms with E-state index in [1.807, 2.05) is 36.7 Å². The summed E-state index contributed by atoms with van der Waals surface area (Å²) in [6, 6.07) is 114. The lowest BCUT2D eigenvalue weighted by Gasteiger charge is -2.24. The van der Waals surface area contributed by atoms with Gasteiger partial charge in [-0.1, -0.05) is 270 Å². The van der Waals surface area contributed by atoms with Crippen LogP contribution in [0.25, 0.3) is 167 Å². The largest absolute Gasteiger partial charge is 0.309 e. The van der Waals surface area contributed by atoms with Crippen LogP contribution in [0, 0.1) is 0 Å². The predicted molar refractivity (Wildman–Crippen MR) is 427 cm³/mol. The Morgan fingerprint density at radius 3 is 1.09 bits per heavy atom. The van der Waals surface area contributed by atoms with E-state index in [1.54, 1.807) is 6.20 Å². The van der Waals surface area contributed by atoms with Gasteiger partial charge in [-0.2, -0.15) is 0 Å².